The summed E-state index contributed by atoms with van der Waals surface area (Å²) in [5.74, 6) is 0. The predicted molar refractivity (Wildman–Crippen MR) is 61.5 cm³/mol. The number of hydrogen-bond acceptors (Lipinski definition) is 2. The van der Waals surface area contributed by atoms with Gasteiger partial charge in [-0.1, -0.05) is 19.8 Å². The monoisotopic (exact) mass is 296 g/mol. The fraction of sp³-hybridized carbons (Fsp3) is 0.556. The van der Waals surface area contributed by atoms with Crippen molar-refractivity contribution in [3.05, 3.63) is 19.9 Å². The number of aliphatic hydroxyl groups is 1. The Morgan fingerprint density at radius 2 is 2.42 bits per heavy atom. The van der Waals surface area contributed by atoms with Gasteiger partial charge in [-0.3, -0.25) is 0 Å². The number of halogens is 1. The highest BCUT2D eigenvalue weighted by molar-refractivity contribution is 14.1. The van der Waals surface area contributed by atoms with Gasteiger partial charge >= 0.3 is 0 Å². The fourth-order valence-electron chi connectivity index (χ4n) is 1.06. The molecule has 0 saturated heterocycles. The maximum atomic E-state index is 9.67. The van der Waals surface area contributed by atoms with Gasteiger partial charge in [-0.25, -0.2) is 0 Å². The van der Waals surface area contributed by atoms with Crippen LogP contribution in [-0.2, 0) is 0 Å². The molecule has 0 amide bonds. The summed E-state index contributed by atoms with van der Waals surface area (Å²) < 4.78 is 1.25. The third-order valence-electron chi connectivity index (χ3n) is 1.80. The highest BCUT2D eigenvalue weighted by atomic mass is 127. The van der Waals surface area contributed by atoms with Crippen molar-refractivity contribution in [1.29, 1.82) is 0 Å². The highest BCUT2D eigenvalue weighted by Gasteiger charge is 2.07. The lowest BCUT2D eigenvalue weighted by Gasteiger charge is -2.06. The minimum absolute atomic E-state index is 0.246. The van der Waals surface area contributed by atoms with Crippen LogP contribution in [0.25, 0.3) is 0 Å². The Balaban J connectivity index is 2.47. The van der Waals surface area contributed by atoms with Gasteiger partial charge in [-0.05, 0) is 46.0 Å². The minimum atomic E-state index is -0.246. The fourth-order valence-corrected chi connectivity index (χ4v) is 2.48. The largest absolute Gasteiger partial charge is 0.388 e. The van der Waals surface area contributed by atoms with Crippen molar-refractivity contribution in [2.75, 3.05) is 0 Å². The molecule has 3 heteroatoms. The van der Waals surface area contributed by atoms with Crippen LogP contribution in [0.5, 0.6) is 0 Å². The molecule has 68 valence electrons. The van der Waals surface area contributed by atoms with E-state index >= 15 is 0 Å². The van der Waals surface area contributed by atoms with Gasteiger partial charge < -0.3 is 5.11 Å². The molecule has 1 aromatic rings. The number of thiophene rings is 1. The summed E-state index contributed by atoms with van der Waals surface area (Å²) >= 11 is 3.97. The van der Waals surface area contributed by atoms with Crippen LogP contribution in [0, 0.1) is 2.88 Å². The summed E-state index contributed by atoms with van der Waals surface area (Å²) in [4.78, 5) is 0. The summed E-state index contributed by atoms with van der Waals surface area (Å²) in [5, 5.41) is 11.7. The van der Waals surface area contributed by atoms with Gasteiger partial charge in [0.25, 0.3) is 0 Å². The van der Waals surface area contributed by atoms with Crippen molar-refractivity contribution in [3.63, 3.8) is 0 Å². The van der Waals surface area contributed by atoms with Crippen molar-refractivity contribution in [2.45, 2.75) is 32.3 Å². The number of rotatable bonds is 4. The van der Waals surface area contributed by atoms with Gasteiger partial charge in [-0.2, -0.15) is 0 Å². The van der Waals surface area contributed by atoms with Crippen molar-refractivity contribution in [3.8, 4) is 0 Å². The molecule has 1 atom stereocenters. The van der Waals surface area contributed by atoms with E-state index in [4.69, 9.17) is 0 Å². The van der Waals surface area contributed by atoms with E-state index in [2.05, 4.69) is 35.6 Å². The van der Waals surface area contributed by atoms with E-state index in [9.17, 15) is 5.11 Å². The SMILES string of the molecule is CCCCC(O)c1csc(I)c1. The molecule has 1 aromatic heterocycles. The molecule has 1 heterocycles. The van der Waals surface area contributed by atoms with Crippen molar-refractivity contribution < 1.29 is 5.11 Å². The summed E-state index contributed by atoms with van der Waals surface area (Å²) in [6.45, 7) is 2.14. The molecule has 1 nitrogen and oxygen atoms in total. The van der Waals surface area contributed by atoms with Crippen LogP contribution in [0.3, 0.4) is 0 Å². The van der Waals surface area contributed by atoms with Crippen LogP contribution in [0.2, 0.25) is 0 Å². The number of aliphatic hydroxyl groups excluding tert-OH is 1. The molecule has 0 saturated carbocycles. The minimum Gasteiger partial charge on any atom is -0.388 e. The molecule has 0 radical (unpaired) electrons. The highest BCUT2D eigenvalue weighted by Crippen LogP contribution is 2.25. The van der Waals surface area contributed by atoms with Crippen LogP contribution in [0.1, 0.15) is 37.9 Å². The molecule has 1 N–H and O–H groups in total. The lowest BCUT2D eigenvalue weighted by Crippen LogP contribution is -1.94. The summed E-state index contributed by atoms with van der Waals surface area (Å²) in [7, 11) is 0. The lowest BCUT2D eigenvalue weighted by molar-refractivity contribution is 0.164. The van der Waals surface area contributed by atoms with Gasteiger partial charge in [0.05, 0.1) is 8.99 Å². The van der Waals surface area contributed by atoms with Crippen LogP contribution in [0.15, 0.2) is 11.4 Å². The number of unbranched alkanes of at least 4 members (excludes halogenated alkanes) is 1. The topological polar surface area (TPSA) is 20.2 Å². The molecular weight excluding hydrogens is 283 g/mol. The summed E-state index contributed by atoms with van der Waals surface area (Å²) in [5.41, 5.74) is 1.08. The molecule has 1 rings (SSSR count). The van der Waals surface area contributed by atoms with E-state index in [0.29, 0.717) is 0 Å². The Bertz CT molecular complexity index is 234. The zero-order chi connectivity index (χ0) is 8.97. The van der Waals surface area contributed by atoms with E-state index in [1.807, 2.05) is 5.38 Å². The third kappa shape index (κ3) is 3.03. The Morgan fingerprint density at radius 3 is 2.92 bits per heavy atom. The van der Waals surface area contributed by atoms with Crippen LogP contribution in [-0.4, -0.2) is 5.11 Å². The second-order valence-electron chi connectivity index (χ2n) is 2.84. The summed E-state index contributed by atoms with van der Waals surface area (Å²) in [6.07, 6.45) is 2.90. The first-order chi connectivity index (χ1) is 5.74. The molecule has 0 aliphatic heterocycles. The molecule has 0 fully saturated rings. The van der Waals surface area contributed by atoms with Gasteiger partial charge in [0.15, 0.2) is 0 Å². The maximum Gasteiger partial charge on any atom is 0.0798 e. The van der Waals surface area contributed by atoms with Gasteiger partial charge in [0.2, 0.25) is 0 Å². The van der Waals surface area contributed by atoms with Crippen LogP contribution < -0.4 is 0 Å². The molecule has 0 aromatic carbocycles. The van der Waals surface area contributed by atoms with Gasteiger partial charge in [0, 0.05) is 0 Å². The first-order valence-electron chi connectivity index (χ1n) is 4.16. The molecular formula is C9H13IOS. The average molecular weight is 296 g/mol. The van der Waals surface area contributed by atoms with Crippen molar-refractivity contribution in [2.24, 2.45) is 0 Å². The quantitative estimate of drug-likeness (QED) is 0.842. The second-order valence-corrected chi connectivity index (χ2v) is 5.65. The van der Waals surface area contributed by atoms with E-state index in [1.165, 1.54) is 2.88 Å². The maximum absolute atomic E-state index is 9.67. The van der Waals surface area contributed by atoms with Crippen LogP contribution in [0.4, 0.5) is 0 Å². The molecule has 12 heavy (non-hydrogen) atoms. The zero-order valence-electron chi connectivity index (χ0n) is 7.09. The van der Waals surface area contributed by atoms with Crippen molar-refractivity contribution >= 4 is 33.9 Å². The first-order valence-corrected chi connectivity index (χ1v) is 6.12. The molecule has 0 bridgehead atoms. The van der Waals surface area contributed by atoms with Crippen molar-refractivity contribution in [1.82, 2.24) is 0 Å². The molecule has 0 spiro atoms. The normalized spacial score (nSPS) is 13.2. The molecule has 0 aliphatic rings. The molecule has 1 unspecified atom stereocenters. The van der Waals surface area contributed by atoms with Gasteiger partial charge in [-0.15, -0.1) is 11.3 Å². The predicted octanol–water partition coefficient (Wildman–Crippen LogP) is 3.58. The van der Waals surface area contributed by atoms with E-state index < -0.39 is 0 Å². The summed E-state index contributed by atoms with van der Waals surface area (Å²) in [6, 6.07) is 2.06. The standard InChI is InChI=1S/C9H13IOS/c1-2-3-4-8(11)7-5-9(10)12-6-7/h5-6,8,11H,2-4H2,1H3. The van der Waals surface area contributed by atoms with Gasteiger partial charge in [0.1, 0.15) is 0 Å². The van der Waals surface area contributed by atoms with Crippen LogP contribution >= 0.6 is 33.9 Å². The van der Waals surface area contributed by atoms with E-state index in [1.54, 1.807) is 11.3 Å². The lowest BCUT2D eigenvalue weighted by atomic mass is 10.1. The average Bonchev–Trinajstić information content (AvgIpc) is 2.47. The smallest absolute Gasteiger partial charge is 0.0798 e. The Labute approximate surface area is 91.0 Å². The first kappa shape index (κ1) is 10.5. The zero-order valence-corrected chi connectivity index (χ0v) is 10.1. The Kier molecular flexibility index (Phi) is 4.53. The van der Waals surface area contributed by atoms with E-state index in [-0.39, 0.29) is 6.10 Å². The Morgan fingerprint density at radius 1 is 1.67 bits per heavy atom. The second kappa shape index (κ2) is 5.19. The third-order valence-corrected chi connectivity index (χ3v) is 3.61. The Hall–Kier alpha value is 0.390. The van der Waals surface area contributed by atoms with E-state index in [0.717, 1.165) is 24.8 Å². The molecule has 0 aliphatic carbocycles. The number of hydrogen-bond donors (Lipinski definition) is 1.